The largest absolute Gasteiger partial charge is 0.311 e. The van der Waals surface area contributed by atoms with E-state index in [0.29, 0.717) is 17.6 Å². The molecular formula is C15H20F2N2. The van der Waals surface area contributed by atoms with Crippen molar-refractivity contribution in [2.45, 2.75) is 25.9 Å². The lowest BCUT2D eigenvalue weighted by molar-refractivity contribution is 0.163. The smallest absolute Gasteiger partial charge is 0.133 e. The highest BCUT2D eigenvalue weighted by Gasteiger charge is 2.20. The van der Waals surface area contributed by atoms with Gasteiger partial charge in [-0.2, -0.15) is 0 Å². The highest BCUT2D eigenvalue weighted by molar-refractivity contribution is 5.50. The quantitative estimate of drug-likeness (QED) is 0.905. The Kier molecular flexibility index (Phi) is 4.66. The third-order valence-electron chi connectivity index (χ3n) is 3.49. The molecule has 1 fully saturated rings. The van der Waals surface area contributed by atoms with Gasteiger partial charge in [0.05, 0.1) is 0 Å². The molecule has 1 saturated heterocycles. The molecule has 1 N–H and O–H groups in total. The molecule has 1 heterocycles. The Morgan fingerprint density at radius 3 is 2.89 bits per heavy atom. The van der Waals surface area contributed by atoms with E-state index in [2.05, 4.69) is 24.1 Å². The highest BCUT2D eigenvalue weighted by Crippen LogP contribution is 2.12. The molecule has 0 aliphatic carbocycles. The normalized spacial score (nSPS) is 25.1. The number of nitrogens with zero attached hydrogens (tertiary/aromatic N) is 1. The first-order valence-corrected chi connectivity index (χ1v) is 6.65. The monoisotopic (exact) mass is 266 g/mol. The Bertz CT molecular complexity index is 459. The molecule has 0 radical (unpaired) electrons. The number of nitrogens with one attached hydrogen (secondary N) is 1. The first kappa shape index (κ1) is 14.2. The molecule has 19 heavy (non-hydrogen) atoms. The van der Waals surface area contributed by atoms with Crippen LogP contribution in [0.1, 0.15) is 19.4 Å². The average molecular weight is 266 g/mol. The predicted molar refractivity (Wildman–Crippen MR) is 73.9 cm³/mol. The van der Waals surface area contributed by atoms with Crippen molar-refractivity contribution in [3.8, 4) is 0 Å². The summed E-state index contributed by atoms with van der Waals surface area (Å²) in [5.74, 6) is -1.06. The second-order valence-electron chi connectivity index (χ2n) is 5.18. The van der Waals surface area contributed by atoms with Crippen molar-refractivity contribution >= 4 is 6.08 Å². The molecule has 2 rings (SSSR count). The van der Waals surface area contributed by atoms with Gasteiger partial charge < -0.3 is 5.32 Å². The minimum absolute atomic E-state index is 0.428. The van der Waals surface area contributed by atoms with Crippen LogP contribution in [0.4, 0.5) is 8.78 Å². The summed E-state index contributed by atoms with van der Waals surface area (Å²) < 4.78 is 26.2. The van der Waals surface area contributed by atoms with Crippen molar-refractivity contribution in [2.75, 3.05) is 19.6 Å². The fourth-order valence-corrected chi connectivity index (χ4v) is 2.30. The van der Waals surface area contributed by atoms with E-state index in [1.165, 1.54) is 12.1 Å². The van der Waals surface area contributed by atoms with Gasteiger partial charge in [-0.15, -0.1) is 0 Å². The van der Waals surface area contributed by atoms with Crippen LogP contribution < -0.4 is 5.32 Å². The molecule has 0 saturated carbocycles. The molecule has 0 amide bonds. The Balaban J connectivity index is 1.95. The Morgan fingerprint density at radius 1 is 1.37 bits per heavy atom. The lowest BCUT2D eigenvalue weighted by Crippen LogP contribution is -2.54. The maximum absolute atomic E-state index is 13.4. The number of rotatable bonds is 3. The summed E-state index contributed by atoms with van der Waals surface area (Å²) in [6.07, 6.45) is 3.65. The third-order valence-corrected chi connectivity index (χ3v) is 3.49. The summed E-state index contributed by atoms with van der Waals surface area (Å²) in [6.45, 7) is 7.06. The molecule has 1 aromatic rings. The van der Waals surface area contributed by atoms with Crippen LogP contribution >= 0.6 is 0 Å². The van der Waals surface area contributed by atoms with Gasteiger partial charge in [0.15, 0.2) is 0 Å². The summed E-state index contributed by atoms with van der Waals surface area (Å²) in [4.78, 5) is 2.35. The van der Waals surface area contributed by atoms with Crippen molar-refractivity contribution < 1.29 is 8.78 Å². The van der Waals surface area contributed by atoms with Crippen molar-refractivity contribution in [3.05, 3.63) is 41.5 Å². The predicted octanol–water partition coefficient (Wildman–Crippen LogP) is 2.66. The van der Waals surface area contributed by atoms with E-state index in [-0.39, 0.29) is 0 Å². The van der Waals surface area contributed by atoms with Crippen molar-refractivity contribution in [1.82, 2.24) is 10.2 Å². The van der Waals surface area contributed by atoms with E-state index < -0.39 is 11.6 Å². The van der Waals surface area contributed by atoms with Crippen LogP contribution in [0.3, 0.4) is 0 Å². The molecule has 2 atom stereocenters. The van der Waals surface area contributed by atoms with Gasteiger partial charge in [0, 0.05) is 43.3 Å². The topological polar surface area (TPSA) is 15.3 Å². The Labute approximate surface area is 113 Å². The van der Waals surface area contributed by atoms with E-state index in [9.17, 15) is 8.78 Å². The maximum atomic E-state index is 13.4. The lowest BCUT2D eigenvalue weighted by atomic mass is 10.1. The fourth-order valence-electron chi connectivity index (χ4n) is 2.30. The Hall–Kier alpha value is -1.26. The second-order valence-corrected chi connectivity index (χ2v) is 5.18. The van der Waals surface area contributed by atoms with Gasteiger partial charge in [-0.3, -0.25) is 4.90 Å². The van der Waals surface area contributed by atoms with E-state index in [4.69, 9.17) is 0 Å². The zero-order valence-electron chi connectivity index (χ0n) is 11.4. The standard InChI is InChI=1S/C15H20F2N2/c1-11-10-19(12(2)9-18-11)7-3-4-13-5-6-14(16)8-15(13)17/h3-6,8,11-12,18H,7,9-10H2,1-2H3/b4-3+. The van der Waals surface area contributed by atoms with Crippen LogP contribution in [-0.4, -0.2) is 36.6 Å². The molecule has 4 heteroatoms. The maximum Gasteiger partial charge on any atom is 0.133 e. The van der Waals surface area contributed by atoms with Gasteiger partial charge in [0.2, 0.25) is 0 Å². The van der Waals surface area contributed by atoms with Gasteiger partial charge in [-0.05, 0) is 26.0 Å². The van der Waals surface area contributed by atoms with Gasteiger partial charge in [0.1, 0.15) is 11.6 Å². The molecule has 0 bridgehead atoms. The molecule has 1 aromatic carbocycles. The number of hydrogen-bond donors (Lipinski definition) is 1. The number of benzene rings is 1. The summed E-state index contributed by atoms with van der Waals surface area (Å²) in [5, 5.41) is 3.42. The zero-order chi connectivity index (χ0) is 13.8. The van der Waals surface area contributed by atoms with Gasteiger partial charge in [-0.1, -0.05) is 12.2 Å². The van der Waals surface area contributed by atoms with Crippen LogP contribution in [0.25, 0.3) is 6.08 Å². The van der Waals surface area contributed by atoms with Gasteiger partial charge in [-0.25, -0.2) is 8.78 Å². The van der Waals surface area contributed by atoms with Crippen molar-refractivity contribution in [1.29, 1.82) is 0 Å². The molecule has 1 aliphatic rings. The SMILES string of the molecule is CC1CN(C/C=C/c2ccc(F)cc2F)C(C)CN1. The van der Waals surface area contributed by atoms with Gasteiger partial charge in [0.25, 0.3) is 0 Å². The summed E-state index contributed by atoms with van der Waals surface area (Å²) in [5.41, 5.74) is 0.428. The summed E-state index contributed by atoms with van der Waals surface area (Å²) in [6, 6.07) is 4.60. The first-order chi connectivity index (χ1) is 9.06. The minimum atomic E-state index is -0.542. The fraction of sp³-hybridized carbons (Fsp3) is 0.467. The van der Waals surface area contributed by atoms with Crippen LogP contribution in [0.15, 0.2) is 24.3 Å². The summed E-state index contributed by atoms with van der Waals surface area (Å²) in [7, 11) is 0. The lowest BCUT2D eigenvalue weighted by Gasteiger charge is -2.36. The molecule has 0 aromatic heterocycles. The van der Waals surface area contributed by atoms with Crippen LogP contribution in [0.5, 0.6) is 0 Å². The Morgan fingerprint density at radius 2 is 2.16 bits per heavy atom. The number of halogens is 2. The van der Waals surface area contributed by atoms with Crippen molar-refractivity contribution in [3.63, 3.8) is 0 Å². The van der Waals surface area contributed by atoms with Crippen molar-refractivity contribution in [2.24, 2.45) is 0 Å². The third kappa shape index (κ3) is 3.85. The molecule has 2 unspecified atom stereocenters. The highest BCUT2D eigenvalue weighted by atomic mass is 19.1. The first-order valence-electron chi connectivity index (χ1n) is 6.65. The van der Waals surface area contributed by atoms with E-state index in [1.807, 2.05) is 6.08 Å². The van der Waals surface area contributed by atoms with Crippen LogP contribution in [0.2, 0.25) is 0 Å². The average Bonchev–Trinajstić information content (AvgIpc) is 2.36. The number of piperazine rings is 1. The zero-order valence-corrected chi connectivity index (χ0v) is 11.4. The number of hydrogen-bond acceptors (Lipinski definition) is 2. The van der Waals surface area contributed by atoms with Crippen LogP contribution in [0, 0.1) is 11.6 Å². The molecular weight excluding hydrogens is 246 g/mol. The molecule has 2 nitrogen and oxygen atoms in total. The van der Waals surface area contributed by atoms with E-state index in [0.717, 1.165) is 25.7 Å². The molecule has 0 spiro atoms. The second kappa shape index (κ2) is 6.26. The molecule has 1 aliphatic heterocycles. The minimum Gasteiger partial charge on any atom is -0.311 e. The summed E-state index contributed by atoms with van der Waals surface area (Å²) >= 11 is 0. The van der Waals surface area contributed by atoms with E-state index >= 15 is 0 Å². The van der Waals surface area contributed by atoms with E-state index in [1.54, 1.807) is 6.08 Å². The van der Waals surface area contributed by atoms with Gasteiger partial charge >= 0.3 is 0 Å². The van der Waals surface area contributed by atoms with Crippen LogP contribution in [-0.2, 0) is 0 Å². The molecule has 104 valence electrons.